The van der Waals surface area contributed by atoms with Crippen molar-refractivity contribution in [2.75, 3.05) is 11.9 Å². The molecule has 0 radical (unpaired) electrons. The molecule has 0 heterocycles. The highest BCUT2D eigenvalue weighted by Gasteiger charge is 2.03. The summed E-state index contributed by atoms with van der Waals surface area (Å²) in [5, 5.41) is 25.7. The molecule has 0 unspecified atom stereocenters. The summed E-state index contributed by atoms with van der Waals surface area (Å²) in [5.41, 5.74) is 16.1. The van der Waals surface area contributed by atoms with Crippen LogP contribution in [-0.2, 0) is 4.79 Å². The number of anilines is 1. The fraction of sp³-hybridized carbons (Fsp3) is 0.211. The Morgan fingerprint density at radius 2 is 1.42 bits per heavy atom. The van der Waals surface area contributed by atoms with E-state index in [9.17, 15) is 4.79 Å². The lowest BCUT2D eigenvalue weighted by molar-refractivity contribution is -0.134. The summed E-state index contributed by atoms with van der Waals surface area (Å²) in [6, 6.07) is 10.9. The van der Waals surface area contributed by atoms with Crippen molar-refractivity contribution in [2.24, 2.45) is 11.5 Å². The number of amidine groups is 2. The first kappa shape index (κ1) is 20.7. The van der Waals surface area contributed by atoms with Gasteiger partial charge in [-0.15, -0.1) is 0 Å². The summed E-state index contributed by atoms with van der Waals surface area (Å²) in [4.78, 5) is 10.3. The molecule has 0 aromatic heterocycles. The number of nitrogens with two attached hydrogens (primary N) is 2. The Hall–Kier alpha value is -3.35. The smallest absolute Gasteiger partial charge is 0.322 e. The van der Waals surface area contributed by atoms with Crippen LogP contribution in [0.1, 0.15) is 27.8 Å². The van der Waals surface area contributed by atoms with Crippen molar-refractivity contribution in [2.45, 2.75) is 20.8 Å². The lowest BCUT2D eigenvalue weighted by Gasteiger charge is -2.08. The van der Waals surface area contributed by atoms with Crippen molar-refractivity contribution >= 4 is 23.3 Å². The van der Waals surface area contributed by atoms with Gasteiger partial charge in [-0.2, -0.15) is 0 Å². The van der Waals surface area contributed by atoms with Crippen LogP contribution >= 0.6 is 0 Å². The fourth-order valence-electron chi connectivity index (χ4n) is 2.11. The highest BCUT2D eigenvalue weighted by atomic mass is 16.4. The molecule has 0 saturated heterocycles. The number of hydrogen-bond donors (Lipinski definition) is 6. The molecule has 2 rings (SSSR count). The Kier molecular flexibility index (Phi) is 7.34. The second-order valence-electron chi connectivity index (χ2n) is 5.90. The summed E-state index contributed by atoms with van der Waals surface area (Å²) < 4.78 is 0. The van der Waals surface area contributed by atoms with Crippen LogP contribution in [0.5, 0.6) is 0 Å². The average Bonchev–Trinajstić information content (AvgIpc) is 2.56. The number of carboxylic acids is 1. The molecule has 2 aromatic carbocycles. The lowest BCUT2D eigenvalue weighted by atomic mass is 10.1. The van der Waals surface area contributed by atoms with Crippen molar-refractivity contribution in [3.63, 3.8) is 0 Å². The third-order valence-corrected chi connectivity index (χ3v) is 3.79. The number of carboxylic acid groups (broad SMARTS) is 1. The molecule has 0 atom stereocenters. The summed E-state index contributed by atoms with van der Waals surface area (Å²) in [6.45, 7) is 5.76. The van der Waals surface area contributed by atoms with Gasteiger partial charge in [0, 0.05) is 16.8 Å². The predicted molar refractivity (Wildman–Crippen MR) is 105 cm³/mol. The van der Waals surface area contributed by atoms with E-state index in [4.69, 9.17) is 27.4 Å². The number of carbonyl (C=O) groups is 1. The first-order valence-electron chi connectivity index (χ1n) is 7.94. The molecular formula is C19H25N5O2. The van der Waals surface area contributed by atoms with Crippen LogP contribution in [0.2, 0.25) is 0 Å². The summed E-state index contributed by atoms with van der Waals surface area (Å²) >= 11 is 0. The minimum absolute atomic E-state index is 0.00267. The summed E-state index contributed by atoms with van der Waals surface area (Å²) in [5.74, 6) is -0.777. The number of benzene rings is 2. The van der Waals surface area contributed by atoms with Crippen molar-refractivity contribution < 1.29 is 9.90 Å². The zero-order chi connectivity index (χ0) is 19.9. The molecule has 0 aliphatic heterocycles. The second kappa shape index (κ2) is 9.22. The van der Waals surface area contributed by atoms with E-state index in [1.54, 1.807) is 18.2 Å². The minimum Gasteiger partial charge on any atom is -0.480 e. The number of rotatable bonds is 5. The molecule has 0 amide bonds. The zero-order valence-corrected chi connectivity index (χ0v) is 15.2. The Morgan fingerprint density at radius 3 is 1.85 bits per heavy atom. The predicted octanol–water partition coefficient (Wildman–Crippen LogP) is 2.36. The molecule has 7 heteroatoms. The van der Waals surface area contributed by atoms with Gasteiger partial charge in [-0.25, -0.2) is 0 Å². The lowest BCUT2D eigenvalue weighted by Crippen LogP contribution is -2.14. The summed E-state index contributed by atoms with van der Waals surface area (Å²) in [6.07, 6.45) is 0. The highest BCUT2D eigenvalue weighted by molar-refractivity contribution is 5.96. The van der Waals surface area contributed by atoms with Crippen LogP contribution in [0.25, 0.3) is 0 Å². The normalized spacial score (nSPS) is 9.65. The Balaban J connectivity index is 0.000000273. The molecule has 0 bridgehead atoms. The molecule has 8 N–H and O–H groups in total. The van der Waals surface area contributed by atoms with E-state index in [1.807, 2.05) is 39.0 Å². The van der Waals surface area contributed by atoms with Crippen LogP contribution in [0, 0.1) is 31.6 Å². The molecule has 0 aliphatic carbocycles. The zero-order valence-electron chi connectivity index (χ0n) is 15.2. The third-order valence-electron chi connectivity index (χ3n) is 3.79. The average molecular weight is 355 g/mol. The quantitative estimate of drug-likeness (QED) is 0.359. The van der Waals surface area contributed by atoms with Crippen LogP contribution in [-0.4, -0.2) is 29.3 Å². The second-order valence-corrected chi connectivity index (χ2v) is 5.90. The first-order valence-corrected chi connectivity index (χ1v) is 7.94. The van der Waals surface area contributed by atoms with E-state index >= 15 is 0 Å². The van der Waals surface area contributed by atoms with E-state index in [0.717, 1.165) is 16.8 Å². The molecule has 0 aliphatic rings. The Labute approximate surface area is 153 Å². The van der Waals surface area contributed by atoms with Gasteiger partial charge in [0.2, 0.25) is 0 Å². The van der Waals surface area contributed by atoms with Crippen molar-refractivity contribution in [1.82, 2.24) is 0 Å². The van der Waals surface area contributed by atoms with Crippen LogP contribution in [0.15, 0.2) is 36.4 Å². The van der Waals surface area contributed by atoms with Gasteiger partial charge in [-0.05, 0) is 61.7 Å². The highest BCUT2D eigenvalue weighted by Crippen LogP contribution is 2.15. The summed E-state index contributed by atoms with van der Waals surface area (Å²) in [7, 11) is 0. The van der Waals surface area contributed by atoms with E-state index in [2.05, 4.69) is 5.32 Å². The first-order chi connectivity index (χ1) is 12.1. The van der Waals surface area contributed by atoms with E-state index < -0.39 is 5.97 Å². The largest absolute Gasteiger partial charge is 0.480 e. The van der Waals surface area contributed by atoms with Crippen molar-refractivity contribution in [3.8, 4) is 0 Å². The molecule has 0 spiro atoms. The Morgan fingerprint density at radius 1 is 0.923 bits per heavy atom. The van der Waals surface area contributed by atoms with Crippen molar-refractivity contribution in [3.05, 3.63) is 64.2 Å². The molecule has 0 saturated carbocycles. The molecule has 0 fully saturated rings. The molecular weight excluding hydrogens is 330 g/mol. The standard InChI is InChI=1S/C10H13N3O2.C9H12N2/c1-6-4-7(10(11)12)2-3-8(6)13-5-9(14)15;1-6-3-4-8(9(10)11)5-7(6)2/h2-4,13H,5H2,1H3,(H3,11,12)(H,14,15);3-5H,1-2H3,(H3,10,11). The van der Waals surface area contributed by atoms with Crippen LogP contribution in [0.4, 0.5) is 5.69 Å². The third kappa shape index (κ3) is 6.27. The monoisotopic (exact) mass is 355 g/mol. The number of hydrogen-bond acceptors (Lipinski definition) is 4. The number of nitrogen functional groups attached to an aromatic ring is 2. The van der Waals surface area contributed by atoms with Gasteiger partial charge in [0.25, 0.3) is 0 Å². The molecule has 26 heavy (non-hydrogen) atoms. The van der Waals surface area contributed by atoms with Gasteiger partial charge in [-0.3, -0.25) is 15.6 Å². The van der Waals surface area contributed by atoms with E-state index in [0.29, 0.717) is 5.56 Å². The van der Waals surface area contributed by atoms with Gasteiger partial charge >= 0.3 is 5.97 Å². The molecule has 2 aromatic rings. The number of aliphatic carboxylic acids is 1. The molecule has 7 nitrogen and oxygen atoms in total. The topological polar surface area (TPSA) is 149 Å². The SMILES string of the molecule is Cc1cc(C(=N)N)ccc1NCC(=O)O.Cc1ccc(C(=N)N)cc1C. The maximum absolute atomic E-state index is 10.3. The van der Waals surface area contributed by atoms with Gasteiger partial charge in [0.05, 0.1) is 0 Å². The molecule has 138 valence electrons. The fourth-order valence-corrected chi connectivity index (χ4v) is 2.11. The maximum Gasteiger partial charge on any atom is 0.322 e. The minimum atomic E-state index is -0.912. The van der Waals surface area contributed by atoms with Gasteiger partial charge < -0.3 is 21.9 Å². The van der Waals surface area contributed by atoms with Gasteiger partial charge in [-0.1, -0.05) is 12.1 Å². The van der Waals surface area contributed by atoms with Gasteiger partial charge in [0.1, 0.15) is 18.2 Å². The van der Waals surface area contributed by atoms with Crippen LogP contribution in [0.3, 0.4) is 0 Å². The van der Waals surface area contributed by atoms with Gasteiger partial charge in [0.15, 0.2) is 0 Å². The maximum atomic E-state index is 10.3. The van der Waals surface area contributed by atoms with E-state index in [1.165, 1.54) is 11.1 Å². The van der Waals surface area contributed by atoms with Crippen molar-refractivity contribution in [1.29, 1.82) is 10.8 Å². The van der Waals surface area contributed by atoms with Crippen LogP contribution < -0.4 is 16.8 Å². The van der Waals surface area contributed by atoms with E-state index in [-0.39, 0.29) is 18.2 Å². The number of nitrogens with one attached hydrogen (secondary N) is 3. The Bertz CT molecular complexity index is 831. The number of aryl methyl sites for hydroxylation is 3.